The number of hydrogen-bond acceptors (Lipinski definition) is 3. The minimum atomic E-state index is -3.01. The molecule has 5 heteroatoms. The van der Waals surface area contributed by atoms with Gasteiger partial charge in [-0.3, -0.25) is 0 Å². The van der Waals surface area contributed by atoms with Crippen molar-refractivity contribution in [3.05, 3.63) is 0 Å². The Bertz CT molecular complexity index is 338. The van der Waals surface area contributed by atoms with Gasteiger partial charge in [-0.2, -0.15) is 0 Å². The quantitative estimate of drug-likeness (QED) is 0.792. The van der Waals surface area contributed by atoms with Crippen molar-refractivity contribution in [1.29, 1.82) is 0 Å². The topological polar surface area (TPSA) is 63.4 Å². The first kappa shape index (κ1) is 12.3. The Kier molecular flexibility index (Phi) is 3.56. The summed E-state index contributed by atoms with van der Waals surface area (Å²) < 4.78 is 25.8. The van der Waals surface area contributed by atoms with Crippen LogP contribution in [0.5, 0.6) is 0 Å². The molecular weight excluding hydrogens is 224 g/mol. The van der Waals surface area contributed by atoms with E-state index in [1.807, 2.05) is 0 Å². The van der Waals surface area contributed by atoms with Crippen molar-refractivity contribution in [3.63, 3.8) is 0 Å². The molecule has 2 atom stereocenters. The summed E-state index contributed by atoms with van der Waals surface area (Å²) in [5.41, 5.74) is 5.69. The van der Waals surface area contributed by atoms with Gasteiger partial charge in [0.15, 0.2) is 0 Å². The number of nitrogens with two attached hydrogens (primary N) is 1. The number of piperidine rings is 1. The maximum atomic E-state index is 12.1. The fourth-order valence-corrected chi connectivity index (χ4v) is 4.31. The van der Waals surface area contributed by atoms with Crippen LogP contribution >= 0.6 is 0 Å². The molecule has 2 unspecified atom stereocenters. The van der Waals surface area contributed by atoms with Crippen molar-refractivity contribution in [3.8, 4) is 0 Å². The molecule has 1 saturated heterocycles. The van der Waals surface area contributed by atoms with Crippen LogP contribution in [0.15, 0.2) is 0 Å². The Morgan fingerprint density at radius 1 is 1.31 bits per heavy atom. The Morgan fingerprint density at radius 3 is 2.56 bits per heavy atom. The Labute approximate surface area is 98.2 Å². The van der Waals surface area contributed by atoms with Gasteiger partial charge in [0.05, 0.1) is 5.75 Å². The number of rotatable bonds is 4. The van der Waals surface area contributed by atoms with Crippen LogP contribution in [-0.4, -0.2) is 38.1 Å². The smallest absolute Gasteiger partial charge is 0.214 e. The van der Waals surface area contributed by atoms with Gasteiger partial charge in [0, 0.05) is 13.1 Å². The van der Waals surface area contributed by atoms with Crippen LogP contribution in [-0.2, 0) is 10.0 Å². The Morgan fingerprint density at radius 2 is 2.00 bits per heavy atom. The standard InChI is InChI=1S/C11H22N2O2S/c1-9-4-5-13(7-11(9)6-12)16(14,15)8-10-2-3-10/h9-11H,2-8,12H2,1H3. The van der Waals surface area contributed by atoms with Crippen molar-refractivity contribution in [1.82, 2.24) is 4.31 Å². The van der Waals surface area contributed by atoms with Crippen molar-refractivity contribution >= 4 is 10.0 Å². The second-order valence-corrected chi connectivity index (χ2v) is 7.36. The van der Waals surface area contributed by atoms with Crippen LogP contribution in [0.1, 0.15) is 26.2 Å². The van der Waals surface area contributed by atoms with E-state index in [-0.39, 0.29) is 0 Å². The van der Waals surface area contributed by atoms with Gasteiger partial charge in [0.1, 0.15) is 0 Å². The zero-order valence-corrected chi connectivity index (χ0v) is 10.7. The first-order valence-electron chi connectivity index (χ1n) is 6.21. The van der Waals surface area contributed by atoms with Gasteiger partial charge in [-0.15, -0.1) is 0 Å². The molecule has 0 bridgehead atoms. The predicted octanol–water partition coefficient (Wildman–Crippen LogP) is 0.643. The van der Waals surface area contributed by atoms with Crippen LogP contribution < -0.4 is 5.73 Å². The highest BCUT2D eigenvalue weighted by Gasteiger charge is 2.35. The number of sulfonamides is 1. The van der Waals surface area contributed by atoms with E-state index < -0.39 is 10.0 Å². The Hall–Kier alpha value is -0.130. The fraction of sp³-hybridized carbons (Fsp3) is 1.00. The van der Waals surface area contributed by atoms with Gasteiger partial charge in [-0.05, 0) is 43.6 Å². The first-order valence-corrected chi connectivity index (χ1v) is 7.81. The van der Waals surface area contributed by atoms with Gasteiger partial charge in [0.25, 0.3) is 0 Å². The molecule has 0 spiro atoms. The largest absolute Gasteiger partial charge is 0.330 e. The molecule has 4 nitrogen and oxygen atoms in total. The lowest BCUT2D eigenvalue weighted by Crippen LogP contribution is -2.46. The summed E-state index contributed by atoms with van der Waals surface area (Å²) in [5.74, 6) is 1.68. The molecule has 1 aliphatic carbocycles. The molecule has 2 aliphatic rings. The average molecular weight is 246 g/mol. The molecule has 1 aliphatic heterocycles. The predicted molar refractivity (Wildman–Crippen MR) is 64.4 cm³/mol. The van der Waals surface area contributed by atoms with E-state index in [0.717, 1.165) is 19.3 Å². The molecule has 1 heterocycles. The van der Waals surface area contributed by atoms with Gasteiger partial charge in [-0.1, -0.05) is 6.92 Å². The van der Waals surface area contributed by atoms with E-state index in [2.05, 4.69) is 6.92 Å². The van der Waals surface area contributed by atoms with Crippen molar-refractivity contribution in [2.45, 2.75) is 26.2 Å². The van der Waals surface area contributed by atoms with Gasteiger partial charge in [0.2, 0.25) is 10.0 Å². The van der Waals surface area contributed by atoms with Crippen molar-refractivity contribution < 1.29 is 8.42 Å². The lowest BCUT2D eigenvalue weighted by molar-refractivity contribution is 0.203. The third-order valence-electron chi connectivity index (χ3n) is 3.92. The highest BCUT2D eigenvalue weighted by atomic mass is 32.2. The lowest BCUT2D eigenvalue weighted by atomic mass is 9.88. The maximum Gasteiger partial charge on any atom is 0.214 e. The summed E-state index contributed by atoms with van der Waals surface area (Å²) in [5, 5.41) is 0. The molecule has 0 aromatic rings. The minimum Gasteiger partial charge on any atom is -0.330 e. The lowest BCUT2D eigenvalue weighted by Gasteiger charge is -2.35. The van der Waals surface area contributed by atoms with Crippen LogP contribution in [0.4, 0.5) is 0 Å². The zero-order valence-electron chi connectivity index (χ0n) is 9.93. The summed E-state index contributed by atoms with van der Waals surface area (Å²) >= 11 is 0. The van der Waals surface area contributed by atoms with Crippen LogP contribution in [0.25, 0.3) is 0 Å². The van der Waals surface area contributed by atoms with Crippen LogP contribution in [0.2, 0.25) is 0 Å². The molecule has 16 heavy (non-hydrogen) atoms. The zero-order chi connectivity index (χ0) is 11.8. The first-order chi connectivity index (χ1) is 7.53. The van der Waals surface area contributed by atoms with E-state index in [4.69, 9.17) is 5.73 Å². The van der Waals surface area contributed by atoms with Crippen LogP contribution in [0, 0.1) is 17.8 Å². The van der Waals surface area contributed by atoms with Crippen molar-refractivity contribution in [2.75, 3.05) is 25.4 Å². The summed E-state index contributed by atoms with van der Waals surface area (Å²) in [6, 6.07) is 0. The minimum absolute atomic E-state index is 0.336. The monoisotopic (exact) mass is 246 g/mol. The second-order valence-electron chi connectivity index (χ2n) is 5.34. The van der Waals surface area contributed by atoms with E-state index in [0.29, 0.717) is 43.1 Å². The second kappa shape index (κ2) is 4.63. The van der Waals surface area contributed by atoms with Gasteiger partial charge in [-0.25, -0.2) is 12.7 Å². The third kappa shape index (κ3) is 2.76. The molecule has 2 N–H and O–H groups in total. The summed E-state index contributed by atoms with van der Waals surface area (Å²) in [4.78, 5) is 0. The molecule has 94 valence electrons. The van der Waals surface area contributed by atoms with E-state index in [1.54, 1.807) is 4.31 Å². The number of hydrogen-bond donors (Lipinski definition) is 1. The molecule has 0 amide bonds. The molecule has 2 fully saturated rings. The fourth-order valence-electron chi connectivity index (χ4n) is 2.36. The molecule has 1 saturated carbocycles. The van der Waals surface area contributed by atoms with E-state index >= 15 is 0 Å². The van der Waals surface area contributed by atoms with Gasteiger partial charge < -0.3 is 5.73 Å². The molecule has 0 radical (unpaired) electrons. The van der Waals surface area contributed by atoms with Crippen LogP contribution in [0.3, 0.4) is 0 Å². The SMILES string of the molecule is CC1CCN(S(=O)(=O)CC2CC2)CC1CN. The summed E-state index contributed by atoms with van der Waals surface area (Å²) in [7, 11) is -3.01. The summed E-state index contributed by atoms with van der Waals surface area (Å²) in [6.45, 7) is 4.08. The molecule has 0 aromatic heterocycles. The van der Waals surface area contributed by atoms with E-state index in [9.17, 15) is 8.42 Å². The van der Waals surface area contributed by atoms with Crippen molar-refractivity contribution in [2.24, 2.45) is 23.5 Å². The molecule has 2 rings (SSSR count). The molecule has 0 aromatic carbocycles. The Balaban J connectivity index is 1.98. The van der Waals surface area contributed by atoms with Gasteiger partial charge >= 0.3 is 0 Å². The number of nitrogens with zero attached hydrogens (tertiary/aromatic N) is 1. The highest BCUT2D eigenvalue weighted by Crippen LogP contribution is 2.32. The normalized spacial score (nSPS) is 32.9. The van der Waals surface area contributed by atoms with E-state index in [1.165, 1.54) is 0 Å². The third-order valence-corrected chi connectivity index (χ3v) is 5.93. The summed E-state index contributed by atoms with van der Waals surface area (Å²) in [6.07, 6.45) is 3.12. The average Bonchev–Trinajstić information content (AvgIpc) is 3.01. The molecular formula is C11H22N2O2S. The highest BCUT2D eigenvalue weighted by molar-refractivity contribution is 7.89. The maximum absolute atomic E-state index is 12.1.